The van der Waals surface area contributed by atoms with E-state index < -0.39 is 0 Å². The Labute approximate surface area is 55.5 Å². The molecule has 0 unspecified atom stereocenters. The van der Waals surface area contributed by atoms with E-state index in [1.807, 2.05) is 0 Å². The van der Waals surface area contributed by atoms with E-state index in [1.165, 1.54) is 25.7 Å². The predicted octanol–water partition coefficient (Wildman–Crippen LogP) is 2.06. The molecule has 1 N–H and O–H groups in total. The van der Waals surface area contributed by atoms with Gasteiger partial charge in [0.1, 0.15) is 0 Å². The number of hydrogen-bond acceptors (Lipinski definition) is 1. The molecular formula is C6H12ClN. The van der Waals surface area contributed by atoms with Crippen LogP contribution in [0.2, 0.25) is 0 Å². The van der Waals surface area contributed by atoms with Crippen LogP contribution in [0.25, 0.3) is 0 Å². The predicted molar refractivity (Wildman–Crippen MR) is 35.9 cm³/mol. The summed E-state index contributed by atoms with van der Waals surface area (Å²) in [5.41, 5.74) is 0.252. The van der Waals surface area contributed by atoms with Gasteiger partial charge in [-0.1, -0.05) is 12.8 Å². The molecule has 0 aromatic rings. The van der Waals surface area contributed by atoms with Gasteiger partial charge in [0.05, 0.1) is 0 Å². The van der Waals surface area contributed by atoms with Crippen molar-refractivity contribution in [3.63, 3.8) is 0 Å². The zero-order chi connectivity index (χ0) is 6.04. The molecule has 48 valence electrons. The summed E-state index contributed by atoms with van der Waals surface area (Å²) < 4.78 is 0. The van der Waals surface area contributed by atoms with Crippen molar-refractivity contribution in [3.05, 3.63) is 0 Å². The lowest BCUT2D eigenvalue weighted by molar-refractivity contribution is 0.445. The molecule has 0 aliphatic heterocycles. The van der Waals surface area contributed by atoms with Crippen molar-refractivity contribution in [1.82, 2.24) is 4.84 Å². The molecule has 1 nitrogen and oxygen atoms in total. The first kappa shape index (κ1) is 6.37. The molecule has 1 saturated carbocycles. The van der Waals surface area contributed by atoms with Gasteiger partial charge in [0.2, 0.25) is 0 Å². The van der Waals surface area contributed by atoms with Gasteiger partial charge >= 0.3 is 0 Å². The van der Waals surface area contributed by atoms with Gasteiger partial charge < -0.3 is 0 Å². The SMILES string of the molecule is CC1(NCl)CCCC1. The molecule has 0 atom stereocenters. The minimum atomic E-state index is 0.252. The van der Waals surface area contributed by atoms with Gasteiger partial charge in [0.25, 0.3) is 0 Å². The molecule has 0 spiro atoms. The Morgan fingerprint density at radius 1 is 1.38 bits per heavy atom. The van der Waals surface area contributed by atoms with Crippen molar-refractivity contribution >= 4 is 11.8 Å². The van der Waals surface area contributed by atoms with Crippen LogP contribution in [-0.4, -0.2) is 5.54 Å². The summed E-state index contributed by atoms with van der Waals surface area (Å²) >= 11 is 5.50. The normalized spacial score (nSPS) is 26.2. The molecule has 0 aromatic carbocycles. The van der Waals surface area contributed by atoms with Gasteiger partial charge in [-0.3, -0.25) is 0 Å². The van der Waals surface area contributed by atoms with E-state index in [9.17, 15) is 0 Å². The minimum absolute atomic E-state index is 0.252. The van der Waals surface area contributed by atoms with Crippen LogP contribution < -0.4 is 4.84 Å². The van der Waals surface area contributed by atoms with E-state index in [0.29, 0.717) is 0 Å². The lowest BCUT2D eigenvalue weighted by Gasteiger charge is -2.19. The number of halogens is 1. The van der Waals surface area contributed by atoms with Crippen molar-refractivity contribution in [1.29, 1.82) is 0 Å². The van der Waals surface area contributed by atoms with Gasteiger partial charge in [-0.25, -0.2) is 4.84 Å². The average Bonchev–Trinajstić information content (AvgIpc) is 2.17. The van der Waals surface area contributed by atoms with E-state index in [2.05, 4.69) is 11.8 Å². The number of rotatable bonds is 1. The molecule has 0 heterocycles. The summed E-state index contributed by atoms with van der Waals surface area (Å²) in [4.78, 5) is 2.81. The Bertz CT molecular complexity index is 76.6. The molecule has 1 rings (SSSR count). The monoisotopic (exact) mass is 133 g/mol. The third-order valence-electron chi connectivity index (χ3n) is 1.94. The Morgan fingerprint density at radius 3 is 2.12 bits per heavy atom. The maximum absolute atomic E-state index is 5.50. The van der Waals surface area contributed by atoms with Gasteiger partial charge in [0, 0.05) is 5.54 Å². The van der Waals surface area contributed by atoms with Crippen molar-refractivity contribution in [2.75, 3.05) is 0 Å². The summed E-state index contributed by atoms with van der Waals surface area (Å²) in [7, 11) is 0. The molecule has 0 bridgehead atoms. The molecular weight excluding hydrogens is 122 g/mol. The molecule has 0 amide bonds. The van der Waals surface area contributed by atoms with Crippen LogP contribution in [0.15, 0.2) is 0 Å². The van der Waals surface area contributed by atoms with Crippen LogP contribution in [-0.2, 0) is 0 Å². The van der Waals surface area contributed by atoms with Crippen LogP contribution in [0.1, 0.15) is 32.6 Å². The molecule has 1 aliphatic carbocycles. The van der Waals surface area contributed by atoms with E-state index in [1.54, 1.807) is 0 Å². The molecule has 2 heteroatoms. The Balaban J connectivity index is 2.40. The van der Waals surface area contributed by atoms with Crippen molar-refractivity contribution in [3.8, 4) is 0 Å². The van der Waals surface area contributed by atoms with E-state index in [0.717, 1.165) is 0 Å². The summed E-state index contributed by atoms with van der Waals surface area (Å²) in [5.74, 6) is 0. The first-order chi connectivity index (χ1) is 3.77. The Kier molecular flexibility index (Phi) is 1.78. The standard InChI is InChI=1S/C6H12ClN/c1-6(8-7)4-2-3-5-6/h8H,2-5H2,1H3. The van der Waals surface area contributed by atoms with E-state index in [-0.39, 0.29) is 5.54 Å². The largest absolute Gasteiger partial charge is 0.228 e. The second kappa shape index (κ2) is 2.24. The summed E-state index contributed by atoms with van der Waals surface area (Å²) in [6.45, 7) is 2.17. The fourth-order valence-corrected chi connectivity index (χ4v) is 1.44. The summed E-state index contributed by atoms with van der Waals surface area (Å²) in [5, 5.41) is 0. The van der Waals surface area contributed by atoms with Gasteiger partial charge in [-0.15, -0.1) is 0 Å². The van der Waals surface area contributed by atoms with Gasteiger partial charge in [-0.2, -0.15) is 0 Å². The molecule has 0 saturated heterocycles. The highest BCUT2D eigenvalue weighted by Gasteiger charge is 2.26. The maximum atomic E-state index is 5.50. The smallest absolute Gasteiger partial charge is 0.0303 e. The number of nitrogens with one attached hydrogen (secondary N) is 1. The first-order valence-electron chi connectivity index (χ1n) is 3.15. The van der Waals surface area contributed by atoms with Crippen LogP contribution in [0.5, 0.6) is 0 Å². The zero-order valence-corrected chi connectivity index (χ0v) is 5.96. The molecule has 1 aliphatic rings. The Hall–Kier alpha value is 0.250. The third-order valence-corrected chi connectivity index (χ3v) is 2.39. The van der Waals surface area contributed by atoms with E-state index in [4.69, 9.17) is 11.8 Å². The van der Waals surface area contributed by atoms with Gasteiger partial charge in [-0.05, 0) is 31.5 Å². The summed E-state index contributed by atoms with van der Waals surface area (Å²) in [6.07, 6.45) is 5.12. The molecule has 0 radical (unpaired) electrons. The highest BCUT2D eigenvalue weighted by Crippen LogP contribution is 2.28. The quantitative estimate of drug-likeness (QED) is 0.540. The van der Waals surface area contributed by atoms with Crippen molar-refractivity contribution < 1.29 is 0 Å². The highest BCUT2D eigenvalue weighted by atomic mass is 35.5. The van der Waals surface area contributed by atoms with Gasteiger partial charge in [0.15, 0.2) is 0 Å². The molecule has 8 heavy (non-hydrogen) atoms. The lowest BCUT2D eigenvalue weighted by atomic mass is 10.0. The topological polar surface area (TPSA) is 12.0 Å². The fourth-order valence-electron chi connectivity index (χ4n) is 1.25. The van der Waals surface area contributed by atoms with E-state index >= 15 is 0 Å². The van der Waals surface area contributed by atoms with Crippen LogP contribution in [0.4, 0.5) is 0 Å². The molecule has 1 fully saturated rings. The molecule has 0 aromatic heterocycles. The fraction of sp³-hybridized carbons (Fsp3) is 1.00. The maximum Gasteiger partial charge on any atom is 0.0303 e. The average molecular weight is 134 g/mol. The van der Waals surface area contributed by atoms with Crippen LogP contribution in [0.3, 0.4) is 0 Å². The van der Waals surface area contributed by atoms with Crippen molar-refractivity contribution in [2.24, 2.45) is 0 Å². The summed E-state index contributed by atoms with van der Waals surface area (Å²) in [6, 6.07) is 0. The highest BCUT2D eigenvalue weighted by molar-refractivity contribution is 6.13. The first-order valence-corrected chi connectivity index (χ1v) is 3.52. The minimum Gasteiger partial charge on any atom is -0.228 e. The third kappa shape index (κ3) is 1.15. The zero-order valence-electron chi connectivity index (χ0n) is 5.21. The number of hydrogen-bond donors (Lipinski definition) is 1. The second-order valence-electron chi connectivity index (χ2n) is 2.86. The van der Waals surface area contributed by atoms with Crippen LogP contribution >= 0.6 is 11.8 Å². The second-order valence-corrected chi connectivity index (χ2v) is 3.05. The van der Waals surface area contributed by atoms with Crippen LogP contribution in [0, 0.1) is 0 Å². The lowest BCUT2D eigenvalue weighted by Crippen LogP contribution is -2.32. The Morgan fingerprint density at radius 2 is 1.88 bits per heavy atom. The van der Waals surface area contributed by atoms with Crippen molar-refractivity contribution in [2.45, 2.75) is 38.1 Å².